The van der Waals surface area contributed by atoms with Crippen LogP contribution in [0, 0.1) is 5.92 Å². The van der Waals surface area contributed by atoms with E-state index in [-0.39, 0.29) is 37.1 Å². The fraction of sp³-hybridized carbons (Fsp3) is 0.357. The van der Waals surface area contributed by atoms with Crippen molar-refractivity contribution in [3.05, 3.63) is 30.3 Å². The van der Waals surface area contributed by atoms with Gasteiger partial charge in [0.2, 0.25) is 17.7 Å². The van der Waals surface area contributed by atoms with Crippen LogP contribution in [0.3, 0.4) is 0 Å². The summed E-state index contributed by atoms with van der Waals surface area (Å²) in [4.78, 5) is 36.1. The van der Waals surface area contributed by atoms with Gasteiger partial charge in [-0.2, -0.15) is 0 Å². The maximum absolute atomic E-state index is 11.9. The molecule has 1 saturated heterocycles. The normalized spacial score (nSPS) is 18.1. The van der Waals surface area contributed by atoms with Gasteiger partial charge in [0.1, 0.15) is 0 Å². The summed E-state index contributed by atoms with van der Waals surface area (Å²) < 4.78 is 0. The molecule has 1 aliphatic heterocycles. The zero-order valence-corrected chi connectivity index (χ0v) is 11.0. The van der Waals surface area contributed by atoms with Gasteiger partial charge in [0, 0.05) is 31.6 Å². The molecule has 0 saturated carbocycles. The predicted molar refractivity (Wildman–Crippen MR) is 73.7 cm³/mol. The number of nitrogens with one attached hydrogen (secondary N) is 1. The zero-order chi connectivity index (χ0) is 14.5. The highest BCUT2D eigenvalue weighted by Gasteiger charge is 2.34. The molecule has 1 heterocycles. The summed E-state index contributed by atoms with van der Waals surface area (Å²) in [5, 5.41) is 2.63. The molecule has 0 aromatic heterocycles. The summed E-state index contributed by atoms with van der Waals surface area (Å²) in [6.45, 7) is 0.579. The van der Waals surface area contributed by atoms with Crippen molar-refractivity contribution >= 4 is 23.4 Å². The Morgan fingerprint density at radius 2 is 2.00 bits per heavy atom. The smallest absolute Gasteiger partial charge is 0.227 e. The molecule has 0 bridgehead atoms. The molecule has 20 heavy (non-hydrogen) atoms. The van der Waals surface area contributed by atoms with Crippen molar-refractivity contribution in [1.82, 2.24) is 5.32 Å². The second kappa shape index (κ2) is 6.18. The minimum absolute atomic E-state index is 0.0637. The van der Waals surface area contributed by atoms with E-state index in [2.05, 4.69) is 5.32 Å². The summed E-state index contributed by atoms with van der Waals surface area (Å²) in [5.74, 6) is -1.11. The van der Waals surface area contributed by atoms with Crippen LogP contribution in [-0.4, -0.2) is 30.8 Å². The first-order valence-corrected chi connectivity index (χ1v) is 6.49. The topological polar surface area (TPSA) is 92.5 Å². The molecule has 3 N–H and O–H groups in total. The van der Waals surface area contributed by atoms with Gasteiger partial charge in [-0.15, -0.1) is 0 Å². The SMILES string of the molecule is NC(=O)CCNC(=O)C1CC(=O)N(c2ccccc2)C1. The summed E-state index contributed by atoms with van der Waals surface area (Å²) in [7, 11) is 0. The Kier molecular flexibility index (Phi) is 4.34. The summed E-state index contributed by atoms with van der Waals surface area (Å²) in [6, 6.07) is 9.25. The second-order valence-electron chi connectivity index (χ2n) is 4.75. The number of nitrogens with two attached hydrogens (primary N) is 1. The van der Waals surface area contributed by atoms with Gasteiger partial charge in [-0.05, 0) is 12.1 Å². The van der Waals surface area contributed by atoms with Gasteiger partial charge in [-0.25, -0.2) is 0 Å². The van der Waals surface area contributed by atoms with Crippen LogP contribution in [0.5, 0.6) is 0 Å². The van der Waals surface area contributed by atoms with Gasteiger partial charge in [0.05, 0.1) is 5.92 Å². The third-order valence-electron chi connectivity index (χ3n) is 3.23. The third kappa shape index (κ3) is 3.34. The Balaban J connectivity index is 1.92. The number of benzene rings is 1. The van der Waals surface area contributed by atoms with Crippen LogP contribution >= 0.6 is 0 Å². The molecule has 2 rings (SSSR count). The Morgan fingerprint density at radius 1 is 1.30 bits per heavy atom. The quantitative estimate of drug-likeness (QED) is 0.794. The summed E-state index contributed by atoms with van der Waals surface area (Å²) >= 11 is 0. The number of hydrogen-bond acceptors (Lipinski definition) is 3. The molecule has 1 atom stereocenters. The Labute approximate surface area is 116 Å². The van der Waals surface area contributed by atoms with E-state index >= 15 is 0 Å². The van der Waals surface area contributed by atoms with Gasteiger partial charge >= 0.3 is 0 Å². The number of primary amides is 1. The van der Waals surface area contributed by atoms with Gasteiger partial charge in [-0.3, -0.25) is 14.4 Å². The fourth-order valence-electron chi connectivity index (χ4n) is 2.19. The number of anilines is 1. The molecule has 0 spiro atoms. The molecule has 1 aliphatic rings. The van der Waals surface area contributed by atoms with Crippen molar-refractivity contribution in [2.45, 2.75) is 12.8 Å². The van der Waals surface area contributed by atoms with Crippen LogP contribution in [0.15, 0.2) is 30.3 Å². The Bertz CT molecular complexity index is 516. The van der Waals surface area contributed by atoms with Crippen molar-refractivity contribution in [3.63, 3.8) is 0 Å². The predicted octanol–water partition coefficient (Wildman–Crippen LogP) is 0.0311. The molecule has 1 fully saturated rings. The molecule has 3 amide bonds. The van der Waals surface area contributed by atoms with E-state index < -0.39 is 5.91 Å². The van der Waals surface area contributed by atoms with Crippen molar-refractivity contribution in [1.29, 1.82) is 0 Å². The number of hydrogen-bond donors (Lipinski definition) is 2. The molecular weight excluding hydrogens is 258 g/mol. The number of rotatable bonds is 5. The third-order valence-corrected chi connectivity index (χ3v) is 3.23. The van der Waals surface area contributed by atoms with E-state index in [0.29, 0.717) is 6.54 Å². The van der Waals surface area contributed by atoms with Crippen molar-refractivity contribution in [2.24, 2.45) is 11.7 Å². The average molecular weight is 275 g/mol. The van der Waals surface area contributed by atoms with Crippen LogP contribution in [0.1, 0.15) is 12.8 Å². The lowest BCUT2D eigenvalue weighted by Gasteiger charge is -2.16. The molecule has 6 heteroatoms. The standard InChI is InChI=1S/C14H17N3O3/c15-12(18)6-7-16-14(20)10-8-13(19)17(9-10)11-4-2-1-3-5-11/h1-5,10H,6-9H2,(H2,15,18)(H,16,20). The minimum Gasteiger partial charge on any atom is -0.370 e. The minimum atomic E-state index is -0.460. The Hall–Kier alpha value is -2.37. The lowest BCUT2D eigenvalue weighted by atomic mass is 10.1. The second-order valence-corrected chi connectivity index (χ2v) is 4.75. The van der Waals surface area contributed by atoms with E-state index in [1.807, 2.05) is 30.3 Å². The molecule has 106 valence electrons. The molecule has 0 radical (unpaired) electrons. The average Bonchev–Trinajstić information content (AvgIpc) is 2.81. The molecule has 1 aromatic carbocycles. The summed E-state index contributed by atoms with van der Waals surface area (Å²) in [5.41, 5.74) is 5.80. The maximum Gasteiger partial charge on any atom is 0.227 e. The van der Waals surface area contributed by atoms with Crippen LogP contribution in [-0.2, 0) is 14.4 Å². The van der Waals surface area contributed by atoms with Gasteiger partial charge in [0.15, 0.2) is 0 Å². The van der Waals surface area contributed by atoms with Gasteiger partial charge in [-0.1, -0.05) is 18.2 Å². The van der Waals surface area contributed by atoms with Crippen molar-refractivity contribution in [3.8, 4) is 0 Å². The number of para-hydroxylation sites is 1. The highest BCUT2D eigenvalue weighted by atomic mass is 16.2. The highest BCUT2D eigenvalue weighted by Crippen LogP contribution is 2.24. The van der Waals surface area contributed by atoms with E-state index in [1.54, 1.807) is 4.90 Å². The number of carbonyl (C=O) groups is 3. The van der Waals surface area contributed by atoms with E-state index in [9.17, 15) is 14.4 Å². The van der Waals surface area contributed by atoms with E-state index in [4.69, 9.17) is 5.73 Å². The maximum atomic E-state index is 11.9. The number of nitrogens with zero attached hydrogens (tertiary/aromatic N) is 1. The van der Waals surface area contributed by atoms with Gasteiger partial charge in [0.25, 0.3) is 0 Å². The van der Waals surface area contributed by atoms with E-state index in [0.717, 1.165) is 5.69 Å². The first-order valence-electron chi connectivity index (χ1n) is 6.49. The Morgan fingerprint density at radius 3 is 2.65 bits per heavy atom. The number of carbonyl (C=O) groups excluding carboxylic acids is 3. The zero-order valence-electron chi connectivity index (χ0n) is 11.0. The largest absolute Gasteiger partial charge is 0.370 e. The molecule has 1 aromatic rings. The van der Waals surface area contributed by atoms with Crippen molar-refractivity contribution < 1.29 is 14.4 Å². The molecule has 1 unspecified atom stereocenters. The summed E-state index contributed by atoms with van der Waals surface area (Å²) in [6.07, 6.45) is 0.298. The molecular formula is C14H17N3O3. The number of amides is 3. The fourth-order valence-corrected chi connectivity index (χ4v) is 2.19. The lowest BCUT2D eigenvalue weighted by Crippen LogP contribution is -2.34. The van der Waals surface area contributed by atoms with E-state index in [1.165, 1.54) is 0 Å². The molecule has 0 aliphatic carbocycles. The first kappa shape index (κ1) is 14.0. The van der Waals surface area contributed by atoms with Crippen LogP contribution < -0.4 is 16.0 Å². The van der Waals surface area contributed by atoms with Crippen molar-refractivity contribution in [2.75, 3.05) is 18.0 Å². The van der Waals surface area contributed by atoms with Crippen LogP contribution in [0.25, 0.3) is 0 Å². The van der Waals surface area contributed by atoms with Crippen LogP contribution in [0.4, 0.5) is 5.69 Å². The first-order chi connectivity index (χ1) is 9.58. The van der Waals surface area contributed by atoms with Gasteiger partial charge < -0.3 is 16.0 Å². The monoisotopic (exact) mass is 275 g/mol. The lowest BCUT2D eigenvalue weighted by molar-refractivity contribution is -0.126. The van der Waals surface area contributed by atoms with Crippen LogP contribution in [0.2, 0.25) is 0 Å². The highest BCUT2D eigenvalue weighted by molar-refractivity contribution is 6.00. The molecule has 6 nitrogen and oxygen atoms in total.